The van der Waals surface area contributed by atoms with Crippen LogP contribution in [0.15, 0.2) is 53.7 Å². The second-order valence-corrected chi connectivity index (χ2v) is 8.64. The summed E-state index contributed by atoms with van der Waals surface area (Å²) in [5.74, 6) is 0.457. The van der Waals surface area contributed by atoms with Gasteiger partial charge in [0.2, 0.25) is 5.16 Å². The maximum atomic E-state index is 12.8. The van der Waals surface area contributed by atoms with Crippen molar-refractivity contribution in [3.8, 4) is 11.4 Å². The predicted molar refractivity (Wildman–Crippen MR) is 122 cm³/mol. The molecular formula is C20H17ClN6O2S2. The zero-order chi connectivity index (χ0) is 21.8. The Morgan fingerprint density at radius 2 is 2.06 bits per heavy atom. The van der Waals surface area contributed by atoms with E-state index >= 15 is 0 Å². The van der Waals surface area contributed by atoms with E-state index in [-0.39, 0.29) is 12.5 Å². The molecule has 0 atom stereocenters. The fourth-order valence-corrected chi connectivity index (χ4v) is 4.20. The van der Waals surface area contributed by atoms with Crippen LogP contribution in [0, 0.1) is 6.92 Å². The number of aromatic nitrogens is 5. The molecule has 0 radical (unpaired) electrons. The summed E-state index contributed by atoms with van der Waals surface area (Å²) in [5.41, 5.74) is 2.04. The first kappa shape index (κ1) is 21.3. The summed E-state index contributed by atoms with van der Waals surface area (Å²) in [7, 11) is 0. The van der Waals surface area contributed by atoms with Gasteiger partial charge in [0.25, 0.3) is 5.91 Å². The Bertz CT molecular complexity index is 1210. The first-order chi connectivity index (χ1) is 15.0. The second-order valence-electron chi connectivity index (χ2n) is 6.35. The van der Waals surface area contributed by atoms with Crippen LogP contribution in [-0.2, 0) is 6.61 Å². The molecule has 4 rings (SSSR count). The Kier molecular flexibility index (Phi) is 6.50. The number of tetrazole rings is 1. The van der Waals surface area contributed by atoms with E-state index in [1.807, 2.05) is 30.5 Å². The van der Waals surface area contributed by atoms with Gasteiger partial charge in [0.1, 0.15) is 22.2 Å². The van der Waals surface area contributed by atoms with Crippen LogP contribution >= 0.6 is 34.7 Å². The van der Waals surface area contributed by atoms with E-state index < -0.39 is 0 Å². The molecule has 2 aromatic heterocycles. The van der Waals surface area contributed by atoms with Gasteiger partial charge in [0.15, 0.2) is 0 Å². The number of carbonyl (C=O) groups excluding carboxylic acids is 1. The number of nitrogens with one attached hydrogen (secondary N) is 1. The van der Waals surface area contributed by atoms with Crippen molar-refractivity contribution in [2.75, 3.05) is 11.6 Å². The number of benzene rings is 2. The molecule has 0 saturated carbocycles. The number of thioether (sulfide) groups is 1. The predicted octanol–water partition coefficient (Wildman–Crippen LogP) is 4.63. The summed E-state index contributed by atoms with van der Waals surface area (Å²) in [4.78, 5) is 17.8. The lowest BCUT2D eigenvalue weighted by Crippen LogP contribution is -2.12. The van der Waals surface area contributed by atoms with E-state index in [0.29, 0.717) is 37.2 Å². The van der Waals surface area contributed by atoms with E-state index in [2.05, 4.69) is 25.8 Å². The molecule has 0 fully saturated rings. The molecule has 2 heterocycles. The summed E-state index contributed by atoms with van der Waals surface area (Å²) in [6.07, 6.45) is 1.90. The first-order valence-electron chi connectivity index (χ1n) is 9.12. The Morgan fingerprint density at radius 3 is 2.84 bits per heavy atom. The van der Waals surface area contributed by atoms with Crippen molar-refractivity contribution in [3.63, 3.8) is 0 Å². The van der Waals surface area contributed by atoms with Crippen LogP contribution in [-0.4, -0.2) is 37.4 Å². The van der Waals surface area contributed by atoms with E-state index in [9.17, 15) is 4.79 Å². The summed E-state index contributed by atoms with van der Waals surface area (Å²) < 4.78 is 7.34. The van der Waals surface area contributed by atoms with Crippen LogP contribution in [0.2, 0.25) is 5.02 Å². The van der Waals surface area contributed by atoms with Gasteiger partial charge in [-0.1, -0.05) is 29.4 Å². The van der Waals surface area contributed by atoms with Crippen LogP contribution in [0.25, 0.3) is 5.69 Å². The summed E-state index contributed by atoms with van der Waals surface area (Å²) in [6.45, 7) is 2.08. The van der Waals surface area contributed by atoms with Crippen LogP contribution in [0.1, 0.15) is 20.4 Å². The van der Waals surface area contributed by atoms with E-state index in [0.717, 1.165) is 5.69 Å². The zero-order valence-electron chi connectivity index (χ0n) is 16.6. The minimum atomic E-state index is -0.230. The Morgan fingerprint density at radius 1 is 1.26 bits per heavy atom. The molecule has 0 aliphatic rings. The number of hydrogen-bond donors (Lipinski definition) is 1. The summed E-state index contributed by atoms with van der Waals surface area (Å²) in [6, 6.07) is 14.4. The molecule has 0 bridgehead atoms. The van der Waals surface area contributed by atoms with Gasteiger partial charge in [0.05, 0.1) is 11.4 Å². The molecule has 0 aliphatic heterocycles. The lowest BCUT2D eigenvalue weighted by molar-refractivity contribution is 0.103. The van der Waals surface area contributed by atoms with Crippen molar-refractivity contribution < 1.29 is 9.53 Å². The molecule has 158 valence electrons. The van der Waals surface area contributed by atoms with Crippen molar-refractivity contribution in [3.05, 3.63) is 69.1 Å². The number of anilines is 1. The third-order valence-corrected chi connectivity index (χ3v) is 6.20. The molecule has 2 aromatic carbocycles. The highest BCUT2D eigenvalue weighted by Gasteiger charge is 2.16. The topological polar surface area (TPSA) is 94.8 Å². The molecule has 0 unspecified atom stereocenters. The van der Waals surface area contributed by atoms with E-state index in [1.54, 1.807) is 35.9 Å². The van der Waals surface area contributed by atoms with Crippen molar-refractivity contribution in [2.24, 2.45) is 0 Å². The monoisotopic (exact) mass is 472 g/mol. The third-order valence-electron chi connectivity index (χ3n) is 4.20. The maximum absolute atomic E-state index is 12.8. The zero-order valence-corrected chi connectivity index (χ0v) is 19.0. The fraction of sp³-hybridized carbons (Fsp3) is 0.150. The first-order valence-corrected chi connectivity index (χ1v) is 11.5. The minimum Gasteiger partial charge on any atom is -0.486 e. The van der Waals surface area contributed by atoms with Crippen molar-refractivity contribution >= 4 is 46.3 Å². The molecule has 8 nitrogen and oxygen atoms in total. The largest absolute Gasteiger partial charge is 0.486 e. The second kappa shape index (κ2) is 9.46. The number of ether oxygens (including phenoxy) is 1. The molecule has 0 spiro atoms. The number of thiazole rings is 1. The number of aryl methyl sites for hydroxylation is 1. The summed E-state index contributed by atoms with van der Waals surface area (Å²) >= 11 is 8.62. The smallest absolute Gasteiger partial charge is 0.267 e. The molecule has 1 N–H and O–H groups in total. The van der Waals surface area contributed by atoms with Crippen molar-refractivity contribution in [1.29, 1.82) is 0 Å². The molecule has 0 aliphatic carbocycles. The van der Waals surface area contributed by atoms with Gasteiger partial charge in [-0.15, -0.1) is 16.4 Å². The van der Waals surface area contributed by atoms with Gasteiger partial charge in [-0.05, 0) is 66.1 Å². The molecule has 11 heteroatoms. The number of halogens is 1. The van der Waals surface area contributed by atoms with Gasteiger partial charge in [-0.3, -0.25) is 4.79 Å². The Hall–Kier alpha value is -2.95. The van der Waals surface area contributed by atoms with Gasteiger partial charge in [-0.2, -0.15) is 4.68 Å². The molecule has 0 saturated heterocycles. The highest BCUT2D eigenvalue weighted by atomic mass is 35.5. The lowest BCUT2D eigenvalue weighted by atomic mass is 10.2. The molecular weight excluding hydrogens is 456 g/mol. The van der Waals surface area contributed by atoms with Gasteiger partial charge >= 0.3 is 0 Å². The Labute approximate surface area is 191 Å². The Balaban J connectivity index is 1.45. The highest BCUT2D eigenvalue weighted by Crippen LogP contribution is 2.24. The quantitative estimate of drug-likeness (QED) is 0.391. The fourth-order valence-electron chi connectivity index (χ4n) is 2.77. The normalized spacial score (nSPS) is 10.8. The van der Waals surface area contributed by atoms with Gasteiger partial charge < -0.3 is 10.1 Å². The minimum absolute atomic E-state index is 0.230. The van der Waals surface area contributed by atoms with Crippen molar-refractivity contribution in [2.45, 2.75) is 18.7 Å². The average molecular weight is 473 g/mol. The highest BCUT2D eigenvalue weighted by molar-refractivity contribution is 7.98. The van der Waals surface area contributed by atoms with E-state index in [4.69, 9.17) is 16.3 Å². The number of amides is 1. The standard InChI is InChI=1S/C20H17ClN6O2S2/c1-12-18(31-17(22-12)11-29-16-8-6-13(21)7-9-16)19(28)23-14-4-3-5-15(10-14)27-20(30-2)24-25-26-27/h3-10H,11H2,1-2H3,(H,23,28). The number of hydrogen-bond acceptors (Lipinski definition) is 8. The van der Waals surface area contributed by atoms with Crippen molar-refractivity contribution in [1.82, 2.24) is 25.2 Å². The van der Waals surface area contributed by atoms with Gasteiger partial charge in [-0.25, -0.2) is 4.98 Å². The molecule has 4 aromatic rings. The lowest BCUT2D eigenvalue weighted by Gasteiger charge is -2.07. The number of rotatable bonds is 7. The maximum Gasteiger partial charge on any atom is 0.267 e. The number of nitrogens with zero attached hydrogens (tertiary/aromatic N) is 5. The van der Waals surface area contributed by atoms with Crippen LogP contribution < -0.4 is 10.1 Å². The van der Waals surface area contributed by atoms with Gasteiger partial charge in [0, 0.05) is 10.7 Å². The van der Waals surface area contributed by atoms with Crippen LogP contribution in [0.3, 0.4) is 0 Å². The molecule has 1 amide bonds. The summed E-state index contributed by atoms with van der Waals surface area (Å²) in [5, 5.41) is 16.6. The third kappa shape index (κ3) is 5.04. The number of carbonyl (C=O) groups is 1. The van der Waals surface area contributed by atoms with Crippen LogP contribution in [0.4, 0.5) is 5.69 Å². The van der Waals surface area contributed by atoms with E-state index in [1.165, 1.54) is 23.1 Å². The SMILES string of the molecule is CSc1nnnn1-c1cccc(NC(=O)c2sc(COc3ccc(Cl)cc3)nc2C)c1. The average Bonchev–Trinajstić information content (AvgIpc) is 3.40. The molecule has 31 heavy (non-hydrogen) atoms. The van der Waals surface area contributed by atoms with Crippen LogP contribution in [0.5, 0.6) is 5.75 Å².